The molecular formula is CH6CaCsFO3. The van der Waals surface area contributed by atoms with Crippen LogP contribution in [0, 0.1) is 0 Å². The van der Waals surface area contributed by atoms with E-state index in [9.17, 15) is 0 Å². The number of carbonyl (C=O) groups is 1. The van der Waals surface area contributed by atoms with Crippen LogP contribution in [0.1, 0.15) is 4.28 Å². The smallest absolute Gasteiger partial charge is 1.00 e. The zero-order chi connectivity index (χ0) is 3.58. The normalized spacial score (nSPS) is 3.43. The van der Waals surface area contributed by atoms with E-state index in [1.54, 1.807) is 0 Å². The van der Waals surface area contributed by atoms with Gasteiger partial charge in [-0.3, -0.25) is 4.70 Å². The second-order valence-corrected chi connectivity index (χ2v) is 0.283. The summed E-state index contributed by atoms with van der Waals surface area (Å²) in [4.78, 5) is 8.56. The fourth-order valence-electron chi connectivity index (χ4n) is 0. The van der Waals surface area contributed by atoms with Gasteiger partial charge in [0, 0.05) is 0 Å². The Hall–Kier alpha value is 2.51. The van der Waals surface area contributed by atoms with Crippen molar-refractivity contribution in [1.29, 1.82) is 0 Å². The first-order valence-corrected chi connectivity index (χ1v) is 0.651. The molecule has 0 fully saturated rings. The summed E-state index contributed by atoms with van der Waals surface area (Å²) in [5.74, 6) is 0. The Labute approximate surface area is 133 Å². The second kappa shape index (κ2) is 15.8. The van der Waals surface area contributed by atoms with E-state index in [1.807, 2.05) is 0 Å². The van der Waals surface area contributed by atoms with Gasteiger partial charge in [-0.05, 0) is 0 Å². The molecule has 0 atom stereocenters. The molecule has 0 rings (SSSR count). The van der Waals surface area contributed by atoms with Gasteiger partial charge in [-0.15, -0.1) is 0 Å². The van der Waals surface area contributed by atoms with Crippen LogP contribution in [0.5, 0.6) is 0 Å². The maximum Gasteiger partial charge on any atom is 2.00 e. The first kappa shape index (κ1) is 22.7. The Morgan fingerprint density at radius 1 is 1.43 bits per heavy atom. The summed E-state index contributed by atoms with van der Waals surface area (Å²) in [5, 5.41) is 13.9. The second-order valence-electron chi connectivity index (χ2n) is 0.283. The molecule has 0 saturated carbocycles. The molecule has 0 aromatic heterocycles. The number of carboxylic acid groups (broad SMARTS) is 2. The number of hydrogen-bond donors (Lipinski definition) is 2. The summed E-state index contributed by atoms with van der Waals surface area (Å²) in [6.45, 7) is 0. The van der Waals surface area contributed by atoms with Crippen LogP contribution in [-0.4, -0.2) is 54.1 Å². The molecule has 2 N–H and O–H groups in total. The molecule has 38 valence electrons. The Balaban J connectivity index is -0.00000000300. The Bertz CT molecular complexity index is 46.7. The minimum Gasteiger partial charge on any atom is -1.00 e. The van der Waals surface area contributed by atoms with Crippen molar-refractivity contribution < 1.29 is 92.9 Å². The first-order valence-electron chi connectivity index (χ1n) is 0.651. The summed E-state index contributed by atoms with van der Waals surface area (Å²) in [5.41, 5.74) is 0. The van der Waals surface area contributed by atoms with Crippen LogP contribution < -0.4 is 68.9 Å². The average molecular weight is 258 g/mol. The first-order chi connectivity index (χ1) is 1.73. The van der Waals surface area contributed by atoms with E-state index < -0.39 is 6.16 Å². The quantitative estimate of drug-likeness (QED) is 0.466. The maximum absolute atomic E-state index is 8.56. The van der Waals surface area contributed by atoms with Crippen molar-refractivity contribution in [2.45, 2.75) is 0 Å². The zero-order valence-corrected chi connectivity index (χ0v) is 12.4. The van der Waals surface area contributed by atoms with Gasteiger partial charge >= 0.3 is 113 Å². The van der Waals surface area contributed by atoms with Gasteiger partial charge in [-0.25, -0.2) is 4.79 Å². The predicted octanol–water partition coefficient (Wildman–Crippen LogP) is -2.66. The van der Waals surface area contributed by atoms with Crippen molar-refractivity contribution in [3.8, 4) is 0 Å². The molecule has 0 aromatic carbocycles. The molecule has 0 saturated heterocycles. The number of hydrogen-bond acceptors (Lipinski definition) is 1. The monoisotopic (exact) mass is 258 g/mol. The molecule has 0 radical (unpaired) electrons. The van der Waals surface area contributed by atoms with Gasteiger partial charge in [0.05, 0.1) is 0 Å². The van der Waals surface area contributed by atoms with E-state index in [2.05, 4.69) is 0 Å². The summed E-state index contributed by atoms with van der Waals surface area (Å²) in [6.07, 6.45) is -1.83. The van der Waals surface area contributed by atoms with E-state index >= 15 is 0 Å². The topological polar surface area (TPSA) is 57.5 Å². The molecular weight excluding hydrogens is 252 g/mol. The summed E-state index contributed by atoms with van der Waals surface area (Å²) in [6, 6.07) is 0. The number of rotatable bonds is 0. The molecule has 0 spiro atoms. The van der Waals surface area contributed by atoms with Gasteiger partial charge in [0.15, 0.2) is 0 Å². The van der Waals surface area contributed by atoms with E-state index in [4.69, 9.17) is 15.0 Å². The van der Waals surface area contributed by atoms with Crippen molar-refractivity contribution in [3.63, 3.8) is 0 Å². The van der Waals surface area contributed by atoms with Gasteiger partial charge in [-0.1, -0.05) is 0 Å². The molecule has 0 aliphatic carbocycles. The maximum atomic E-state index is 8.56. The minimum atomic E-state index is -1.83. The third-order valence-electron chi connectivity index (χ3n) is 0. The molecule has 0 amide bonds. The van der Waals surface area contributed by atoms with Crippen LogP contribution in [0.2, 0.25) is 0 Å². The molecule has 0 heterocycles. The van der Waals surface area contributed by atoms with Gasteiger partial charge in [0.1, 0.15) is 0 Å². The summed E-state index contributed by atoms with van der Waals surface area (Å²) >= 11 is 0. The van der Waals surface area contributed by atoms with E-state index in [1.165, 1.54) is 0 Å². The fraction of sp³-hybridized carbons (Fsp3) is 0. The van der Waals surface area contributed by atoms with Crippen molar-refractivity contribution in [2.24, 2.45) is 0 Å². The molecule has 0 aromatic rings. The van der Waals surface area contributed by atoms with Crippen molar-refractivity contribution >= 4 is 43.9 Å². The summed E-state index contributed by atoms with van der Waals surface area (Å²) < 4.78 is 0. The fourth-order valence-corrected chi connectivity index (χ4v) is 0. The third kappa shape index (κ3) is 57.2. The standard InChI is InChI=1S/CH2O3.Ca.Cs.FH.3H/c2-1(3)4;;;;;;/h(H2,2,3,4);;;1H;;;/q;+2;+1;;3*-1. The SMILES string of the molecule is F.O=C(O)O.[Ca+2].[Cs+].[H-].[H-].[H-]. The van der Waals surface area contributed by atoms with Crippen molar-refractivity contribution in [1.82, 2.24) is 0 Å². The van der Waals surface area contributed by atoms with Gasteiger partial charge in [0.2, 0.25) is 0 Å². The van der Waals surface area contributed by atoms with E-state index in [0.29, 0.717) is 0 Å². The van der Waals surface area contributed by atoms with Crippen LogP contribution in [0.3, 0.4) is 0 Å². The zero-order valence-electron chi connectivity index (χ0n) is 6.92. The van der Waals surface area contributed by atoms with Crippen LogP contribution in [-0.2, 0) is 0 Å². The molecule has 7 heavy (non-hydrogen) atoms. The molecule has 6 heteroatoms. The van der Waals surface area contributed by atoms with Gasteiger partial charge in [0.25, 0.3) is 0 Å². The van der Waals surface area contributed by atoms with Gasteiger partial charge in [-0.2, -0.15) is 0 Å². The molecule has 3 nitrogen and oxygen atoms in total. The molecule has 0 aliphatic rings. The molecule has 0 bridgehead atoms. The van der Waals surface area contributed by atoms with E-state index in [0.717, 1.165) is 0 Å². The number of halogens is 1. The minimum absolute atomic E-state index is 0. The Morgan fingerprint density at radius 2 is 1.43 bits per heavy atom. The van der Waals surface area contributed by atoms with Crippen LogP contribution in [0.25, 0.3) is 0 Å². The van der Waals surface area contributed by atoms with Crippen LogP contribution in [0.15, 0.2) is 0 Å². The van der Waals surface area contributed by atoms with Crippen LogP contribution in [0.4, 0.5) is 9.50 Å². The van der Waals surface area contributed by atoms with Crippen LogP contribution >= 0.6 is 0 Å². The predicted molar refractivity (Wildman–Crippen MR) is 22.2 cm³/mol. The Morgan fingerprint density at radius 3 is 1.43 bits per heavy atom. The van der Waals surface area contributed by atoms with E-state index in [-0.39, 0.29) is 116 Å². The summed E-state index contributed by atoms with van der Waals surface area (Å²) in [7, 11) is 0. The van der Waals surface area contributed by atoms with Crippen molar-refractivity contribution in [2.75, 3.05) is 0 Å². The molecule has 0 unspecified atom stereocenters. The van der Waals surface area contributed by atoms with Gasteiger partial charge < -0.3 is 14.5 Å². The average Bonchev–Trinajstić information content (AvgIpc) is 0.811. The molecule has 0 aliphatic heterocycles. The van der Waals surface area contributed by atoms with Crippen molar-refractivity contribution in [3.05, 3.63) is 0 Å². The Kier molecular flexibility index (Phi) is 51.2. The largest absolute Gasteiger partial charge is 2.00 e. The third-order valence-corrected chi connectivity index (χ3v) is 0.